The molecule has 4 nitrogen and oxygen atoms in total. The van der Waals surface area contributed by atoms with Crippen molar-refractivity contribution in [1.82, 2.24) is 9.88 Å². The molecule has 4 heteroatoms. The molecule has 1 aliphatic heterocycles. The van der Waals surface area contributed by atoms with E-state index < -0.39 is 0 Å². The first-order chi connectivity index (χ1) is 9.01. The second-order valence-electron chi connectivity index (χ2n) is 5.77. The molecule has 1 amide bonds. The van der Waals surface area contributed by atoms with Crippen LogP contribution < -0.4 is 5.73 Å². The van der Waals surface area contributed by atoms with Gasteiger partial charge in [0.25, 0.3) is 0 Å². The SMILES string of the molecule is CC1(C)C(N)CCN1C(=O)CCCc1ccccn1. The van der Waals surface area contributed by atoms with Gasteiger partial charge < -0.3 is 10.6 Å². The van der Waals surface area contributed by atoms with Crippen LogP contribution in [0.5, 0.6) is 0 Å². The average molecular weight is 261 g/mol. The topological polar surface area (TPSA) is 59.2 Å². The highest BCUT2D eigenvalue weighted by molar-refractivity contribution is 5.77. The van der Waals surface area contributed by atoms with Gasteiger partial charge in [0.05, 0.1) is 5.54 Å². The van der Waals surface area contributed by atoms with Gasteiger partial charge in [-0.2, -0.15) is 0 Å². The minimum Gasteiger partial charge on any atom is -0.336 e. The fraction of sp³-hybridized carbons (Fsp3) is 0.600. The number of carbonyl (C=O) groups excluding carboxylic acids is 1. The number of nitrogens with zero attached hydrogens (tertiary/aromatic N) is 2. The molecule has 0 saturated carbocycles. The van der Waals surface area contributed by atoms with Gasteiger partial charge in [-0.1, -0.05) is 6.07 Å². The van der Waals surface area contributed by atoms with Crippen LogP contribution in [0.2, 0.25) is 0 Å². The van der Waals surface area contributed by atoms with Crippen LogP contribution in [0.25, 0.3) is 0 Å². The van der Waals surface area contributed by atoms with Crippen LogP contribution in [0.1, 0.15) is 38.8 Å². The molecular weight excluding hydrogens is 238 g/mol. The smallest absolute Gasteiger partial charge is 0.223 e. The molecule has 1 unspecified atom stereocenters. The van der Waals surface area contributed by atoms with E-state index >= 15 is 0 Å². The molecule has 1 aromatic rings. The number of pyridine rings is 1. The summed E-state index contributed by atoms with van der Waals surface area (Å²) in [4.78, 5) is 18.5. The molecule has 1 aliphatic rings. The normalized spacial score (nSPS) is 21.6. The third-order valence-electron chi connectivity index (χ3n) is 4.12. The van der Waals surface area contributed by atoms with E-state index in [9.17, 15) is 4.79 Å². The van der Waals surface area contributed by atoms with Crippen LogP contribution in [-0.4, -0.2) is 33.9 Å². The maximum absolute atomic E-state index is 12.2. The first-order valence-corrected chi connectivity index (χ1v) is 6.98. The van der Waals surface area contributed by atoms with Crippen LogP contribution in [0.15, 0.2) is 24.4 Å². The van der Waals surface area contributed by atoms with E-state index in [0.29, 0.717) is 6.42 Å². The van der Waals surface area contributed by atoms with Gasteiger partial charge in [-0.15, -0.1) is 0 Å². The van der Waals surface area contributed by atoms with Crippen molar-refractivity contribution in [3.63, 3.8) is 0 Å². The van der Waals surface area contributed by atoms with Gasteiger partial charge in [0.1, 0.15) is 0 Å². The van der Waals surface area contributed by atoms with Gasteiger partial charge >= 0.3 is 0 Å². The van der Waals surface area contributed by atoms with Gasteiger partial charge in [-0.05, 0) is 45.2 Å². The molecule has 0 spiro atoms. The molecule has 1 fully saturated rings. The van der Waals surface area contributed by atoms with Crippen molar-refractivity contribution in [2.24, 2.45) is 5.73 Å². The van der Waals surface area contributed by atoms with E-state index in [1.807, 2.05) is 23.1 Å². The van der Waals surface area contributed by atoms with Crippen molar-refractivity contribution in [2.75, 3.05) is 6.54 Å². The Bertz CT molecular complexity index is 430. The van der Waals surface area contributed by atoms with E-state index in [4.69, 9.17) is 5.73 Å². The number of hydrogen-bond donors (Lipinski definition) is 1. The lowest BCUT2D eigenvalue weighted by Crippen LogP contribution is -2.51. The highest BCUT2D eigenvalue weighted by atomic mass is 16.2. The summed E-state index contributed by atoms with van der Waals surface area (Å²) in [6.45, 7) is 4.90. The highest BCUT2D eigenvalue weighted by Crippen LogP contribution is 2.28. The number of amides is 1. The fourth-order valence-electron chi connectivity index (χ4n) is 2.66. The van der Waals surface area contributed by atoms with Crippen molar-refractivity contribution in [3.8, 4) is 0 Å². The molecule has 0 bridgehead atoms. The number of hydrogen-bond acceptors (Lipinski definition) is 3. The van der Waals surface area contributed by atoms with Crippen molar-refractivity contribution in [1.29, 1.82) is 0 Å². The summed E-state index contributed by atoms with van der Waals surface area (Å²) in [5, 5.41) is 0. The molecule has 0 aliphatic carbocycles. The number of nitrogens with two attached hydrogens (primary N) is 1. The van der Waals surface area contributed by atoms with E-state index in [1.54, 1.807) is 6.20 Å². The molecule has 0 radical (unpaired) electrons. The highest BCUT2D eigenvalue weighted by Gasteiger charge is 2.41. The zero-order chi connectivity index (χ0) is 13.9. The second kappa shape index (κ2) is 5.70. The third-order valence-corrected chi connectivity index (χ3v) is 4.12. The summed E-state index contributed by atoms with van der Waals surface area (Å²) in [5.74, 6) is 0.217. The van der Waals surface area contributed by atoms with Crippen LogP contribution in [0, 0.1) is 0 Å². The van der Waals surface area contributed by atoms with Gasteiger partial charge in [-0.3, -0.25) is 9.78 Å². The predicted molar refractivity (Wildman–Crippen MR) is 75.6 cm³/mol. The van der Waals surface area contributed by atoms with Crippen molar-refractivity contribution < 1.29 is 4.79 Å². The maximum Gasteiger partial charge on any atom is 0.223 e. The Labute approximate surface area is 115 Å². The molecule has 0 aromatic carbocycles. The summed E-state index contributed by atoms with van der Waals surface area (Å²) < 4.78 is 0. The Kier molecular flexibility index (Phi) is 4.20. The Morgan fingerprint density at radius 3 is 2.89 bits per heavy atom. The van der Waals surface area contributed by atoms with Crippen LogP contribution in [0.4, 0.5) is 0 Å². The van der Waals surface area contributed by atoms with E-state index in [2.05, 4.69) is 18.8 Å². The first kappa shape index (κ1) is 14.0. The molecule has 2 heterocycles. The molecule has 104 valence electrons. The summed E-state index contributed by atoms with van der Waals surface area (Å²) in [7, 11) is 0. The maximum atomic E-state index is 12.2. The zero-order valence-electron chi connectivity index (χ0n) is 11.8. The molecule has 2 N–H and O–H groups in total. The number of aryl methyl sites for hydroxylation is 1. The van der Waals surface area contributed by atoms with Crippen molar-refractivity contribution in [2.45, 2.75) is 51.1 Å². The lowest BCUT2D eigenvalue weighted by atomic mass is 9.96. The summed E-state index contributed by atoms with van der Waals surface area (Å²) in [6.07, 6.45) is 4.97. The number of rotatable bonds is 4. The van der Waals surface area contributed by atoms with Gasteiger partial charge in [0.15, 0.2) is 0 Å². The predicted octanol–water partition coefficient (Wildman–Crippen LogP) is 1.74. The Balaban J connectivity index is 1.82. The Morgan fingerprint density at radius 1 is 1.53 bits per heavy atom. The van der Waals surface area contributed by atoms with E-state index in [0.717, 1.165) is 31.5 Å². The summed E-state index contributed by atoms with van der Waals surface area (Å²) in [5.41, 5.74) is 6.90. The minimum absolute atomic E-state index is 0.0900. The Morgan fingerprint density at radius 2 is 2.32 bits per heavy atom. The van der Waals surface area contributed by atoms with Crippen LogP contribution in [-0.2, 0) is 11.2 Å². The van der Waals surface area contributed by atoms with Crippen LogP contribution in [0.3, 0.4) is 0 Å². The standard InChI is InChI=1S/C15H23N3O/c1-15(2)13(16)9-11-18(15)14(19)8-5-7-12-6-3-4-10-17-12/h3-4,6,10,13H,5,7-9,11,16H2,1-2H3. The lowest BCUT2D eigenvalue weighted by molar-refractivity contribution is -0.134. The molecule has 19 heavy (non-hydrogen) atoms. The second-order valence-corrected chi connectivity index (χ2v) is 5.77. The quantitative estimate of drug-likeness (QED) is 0.898. The number of likely N-dealkylation sites (tertiary alicyclic amines) is 1. The van der Waals surface area contributed by atoms with E-state index in [1.165, 1.54) is 0 Å². The first-order valence-electron chi connectivity index (χ1n) is 6.98. The lowest BCUT2D eigenvalue weighted by Gasteiger charge is -2.34. The molecule has 2 rings (SSSR count). The van der Waals surface area contributed by atoms with Gasteiger partial charge in [-0.25, -0.2) is 0 Å². The van der Waals surface area contributed by atoms with Crippen molar-refractivity contribution >= 4 is 5.91 Å². The molecular formula is C15H23N3O. The zero-order valence-corrected chi connectivity index (χ0v) is 11.8. The Hall–Kier alpha value is -1.42. The average Bonchev–Trinajstić information content (AvgIpc) is 2.65. The molecule has 1 atom stereocenters. The minimum atomic E-state index is -0.206. The van der Waals surface area contributed by atoms with Crippen LogP contribution >= 0.6 is 0 Å². The van der Waals surface area contributed by atoms with E-state index in [-0.39, 0.29) is 17.5 Å². The van der Waals surface area contributed by atoms with Gasteiger partial charge in [0.2, 0.25) is 5.91 Å². The van der Waals surface area contributed by atoms with Crippen molar-refractivity contribution in [3.05, 3.63) is 30.1 Å². The number of aromatic nitrogens is 1. The third kappa shape index (κ3) is 3.13. The number of carbonyl (C=O) groups is 1. The largest absolute Gasteiger partial charge is 0.336 e. The molecule has 1 saturated heterocycles. The fourth-order valence-corrected chi connectivity index (χ4v) is 2.66. The monoisotopic (exact) mass is 261 g/mol. The summed E-state index contributed by atoms with van der Waals surface area (Å²) >= 11 is 0. The molecule has 1 aromatic heterocycles. The summed E-state index contributed by atoms with van der Waals surface area (Å²) in [6, 6.07) is 5.97. The van der Waals surface area contributed by atoms with Gasteiger partial charge in [0, 0.05) is 30.9 Å².